The van der Waals surface area contributed by atoms with Gasteiger partial charge in [-0.25, -0.2) is 0 Å². The molecule has 0 aliphatic rings. The summed E-state index contributed by atoms with van der Waals surface area (Å²) in [7, 11) is 0. The molecule has 0 unspecified atom stereocenters. The lowest BCUT2D eigenvalue weighted by atomic mass is 10.1. The smallest absolute Gasteiger partial charge is 0.226 e. The number of hydrogen-bond acceptors (Lipinski definition) is 3. The average molecular weight is 375 g/mol. The average Bonchev–Trinajstić information content (AvgIpc) is 2.51. The molecule has 0 heterocycles. The highest BCUT2D eigenvalue weighted by molar-refractivity contribution is 9.10. The third-order valence-electron chi connectivity index (χ3n) is 3.41. The minimum Gasteiger partial charge on any atom is -0.385 e. The molecule has 0 bridgehead atoms. The minimum atomic E-state index is -0.0677. The molecule has 23 heavy (non-hydrogen) atoms. The molecule has 0 aliphatic carbocycles. The zero-order valence-electron chi connectivity index (χ0n) is 13.2. The number of rotatable bonds is 6. The lowest BCUT2D eigenvalue weighted by Crippen LogP contribution is -2.16. The fourth-order valence-electron chi connectivity index (χ4n) is 2.09. The van der Waals surface area contributed by atoms with Crippen LogP contribution in [0.15, 0.2) is 46.9 Å². The summed E-state index contributed by atoms with van der Waals surface area (Å²) in [6.07, 6.45) is 0.365. The molecule has 0 radical (unpaired) electrons. The van der Waals surface area contributed by atoms with Gasteiger partial charge in [0.25, 0.3) is 0 Å². The van der Waals surface area contributed by atoms with E-state index in [9.17, 15) is 9.59 Å². The van der Waals surface area contributed by atoms with Gasteiger partial charge in [0.2, 0.25) is 5.91 Å². The van der Waals surface area contributed by atoms with Gasteiger partial charge in [0.1, 0.15) is 0 Å². The van der Waals surface area contributed by atoms with Crippen molar-refractivity contribution in [3.8, 4) is 0 Å². The van der Waals surface area contributed by atoms with Gasteiger partial charge in [-0.2, -0.15) is 0 Å². The van der Waals surface area contributed by atoms with Crippen LogP contribution in [-0.2, 0) is 4.79 Å². The van der Waals surface area contributed by atoms with Gasteiger partial charge in [-0.3, -0.25) is 9.59 Å². The summed E-state index contributed by atoms with van der Waals surface area (Å²) in [4.78, 5) is 23.1. The predicted molar refractivity (Wildman–Crippen MR) is 97.1 cm³/mol. The van der Waals surface area contributed by atoms with Gasteiger partial charge in [0.05, 0.1) is 0 Å². The Morgan fingerprint density at radius 2 is 1.70 bits per heavy atom. The topological polar surface area (TPSA) is 58.2 Å². The molecule has 2 aromatic rings. The van der Waals surface area contributed by atoms with Crippen LogP contribution in [0.5, 0.6) is 0 Å². The van der Waals surface area contributed by atoms with E-state index in [1.54, 1.807) is 24.3 Å². The van der Waals surface area contributed by atoms with E-state index in [4.69, 9.17) is 0 Å². The number of hydrogen-bond donors (Lipinski definition) is 2. The number of carbonyl (C=O) groups excluding carboxylic acids is 2. The van der Waals surface area contributed by atoms with Crippen LogP contribution in [-0.4, -0.2) is 18.2 Å². The second-order valence-electron chi connectivity index (χ2n) is 5.32. The molecule has 1 amide bonds. The second kappa shape index (κ2) is 7.92. The van der Waals surface area contributed by atoms with Crippen LogP contribution in [0, 0.1) is 6.92 Å². The van der Waals surface area contributed by atoms with Gasteiger partial charge in [-0.15, -0.1) is 0 Å². The Morgan fingerprint density at radius 1 is 1.04 bits per heavy atom. The fraction of sp³-hybridized carbons (Fsp3) is 0.222. The van der Waals surface area contributed by atoms with Crippen LogP contribution in [0.3, 0.4) is 0 Å². The van der Waals surface area contributed by atoms with Gasteiger partial charge in [-0.1, -0.05) is 15.9 Å². The highest BCUT2D eigenvalue weighted by Crippen LogP contribution is 2.20. The SMILES string of the molecule is CC(=O)c1ccc(NC(=O)CCNc2ccc(Br)c(C)c2)cc1. The Balaban J connectivity index is 1.80. The number of amides is 1. The van der Waals surface area contributed by atoms with Crippen molar-refractivity contribution in [3.05, 3.63) is 58.1 Å². The molecule has 0 saturated heterocycles. The highest BCUT2D eigenvalue weighted by Gasteiger charge is 2.04. The summed E-state index contributed by atoms with van der Waals surface area (Å²) in [6, 6.07) is 12.9. The highest BCUT2D eigenvalue weighted by atomic mass is 79.9. The lowest BCUT2D eigenvalue weighted by Gasteiger charge is -2.09. The van der Waals surface area contributed by atoms with Crippen molar-refractivity contribution in [2.24, 2.45) is 0 Å². The Kier molecular flexibility index (Phi) is 5.93. The van der Waals surface area contributed by atoms with Crippen LogP contribution in [0.4, 0.5) is 11.4 Å². The van der Waals surface area contributed by atoms with Crippen LogP contribution in [0.25, 0.3) is 0 Å². The third-order valence-corrected chi connectivity index (χ3v) is 4.30. The zero-order valence-corrected chi connectivity index (χ0v) is 14.7. The summed E-state index contributed by atoms with van der Waals surface area (Å²) < 4.78 is 1.06. The molecule has 0 aliphatic heterocycles. The van der Waals surface area contributed by atoms with Gasteiger partial charge < -0.3 is 10.6 Å². The zero-order chi connectivity index (χ0) is 16.8. The van der Waals surface area contributed by atoms with Gasteiger partial charge in [0, 0.05) is 34.4 Å². The molecule has 2 aromatic carbocycles. The molecule has 0 saturated carbocycles. The number of aryl methyl sites for hydroxylation is 1. The van der Waals surface area contributed by atoms with E-state index in [2.05, 4.69) is 26.6 Å². The Hall–Kier alpha value is -2.14. The summed E-state index contributed by atoms with van der Waals surface area (Å²) in [5.41, 5.74) is 3.46. The van der Waals surface area contributed by atoms with Crippen molar-refractivity contribution in [1.29, 1.82) is 0 Å². The molecule has 0 fully saturated rings. The minimum absolute atomic E-state index is 0.0110. The van der Waals surface area contributed by atoms with Crippen molar-refractivity contribution in [1.82, 2.24) is 0 Å². The molecule has 120 valence electrons. The van der Waals surface area contributed by atoms with E-state index < -0.39 is 0 Å². The van der Waals surface area contributed by atoms with Crippen molar-refractivity contribution in [3.63, 3.8) is 0 Å². The van der Waals surface area contributed by atoms with E-state index in [-0.39, 0.29) is 11.7 Å². The molecular weight excluding hydrogens is 356 g/mol. The largest absolute Gasteiger partial charge is 0.385 e. The second-order valence-corrected chi connectivity index (χ2v) is 6.18. The maximum absolute atomic E-state index is 11.9. The molecule has 0 atom stereocenters. The van der Waals surface area contributed by atoms with E-state index in [0.29, 0.717) is 24.2 Å². The Labute approximate surface area is 144 Å². The number of carbonyl (C=O) groups is 2. The van der Waals surface area contributed by atoms with Crippen molar-refractivity contribution in [2.45, 2.75) is 20.3 Å². The molecule has 0 spiro atoms. The molecule has 0 aromatic heterocycles. The first-order valence-corrected chi connectivity index (χ1v) is 8.16. The summed E-state index contributed by atoms with van der Waals surface area (Å²) in [5, 5.41) is 6.04. The van der Waals surface area contributed by atoms with Crippen LogP contribution in [0.2, 0.25) is 0 Å². The van der Waals surface area contributed by atoms with E-state index in [0.717, 1.165) is 15.7 Å². The summed E-state index contributed by atoms with van der Waals surface area (Å²) in [6.45, 7) is 4.09. The Morgan fingerprint density at radius 3 is 2.30 bits per heavy atom. The first-order valence-electron chi connectivity index (χ1n) is 7.36. The Bertz CT molecular complexity index is 711. The predicted octanol–water partition coefficient (Wildman–Crippen LogP) is 4.40. The van der Waals surface area contributed by atoms with Crippen molar-refractivity contribution < 1.29 is 9.59 Å². The fourth-order valence-corrected chi connectivity index (χ4v) is 2.33. The number of ketones is 1. The number of anilines is 2. The summed E-state index contributed by atoms with van der Waals surface area (Å²) in [5.74, 6) is -0.0567. The monoisotopic (exact) mass is 374 g/mol. The number of Topliss-reactive ketones (excluding diaryl/α,β-unsaturated/α-hetero) is 1. The molecule has 4 nitrogen and oxygen atoms in total. The number of halogens is 1. The van der Waals surface area contributed by atoms with Gasteiger partial charge in [-0.05, 0) is 61.9 Å². The summed E-state index contributed by atoms with van der Waals surface area (Å²) >= 11 is 3.46. The van der Waals surface area contributed by atoms with E-state index >= 15 is 0 Å². The van der Waals surface area contributed by atoms with Gasteiger partial charge in [0.15, 0.2) is 5.78 Å². The van der Waals surface area contributed by atoms with Gasteiger partial charge >= 0.3 is 0 Å². The number of nitrogens with one attached hydrogen (secondary N) is 2. The van der Waals surface area contributed by atoms with Crippen LogP contribution in [0.1, 0.15) is 29.3 Å². The van der Waals surface area contributed by atoms with Crippen molar-refractivity contribution >= 4 is 39.0 Å². The maximum Gasteiger partial charge on any atom is 0.226 e. The lowest BCUT2D eigenvalue weighted by molar-refractivity contribution is -0.115. The first-order chi connectivity index (χ1) is 11.0. The quantitative estimate of drug-likeness (QED) is 0.736. The number of benzene rings is 2. The first kappa shape index (κ1) is 17.2. The molecule has 2 rings (SSSR count). The maximum atomic E-state index is 11.9. The molecule has 5 heteroatoms. The van der Waals surface area contributed by atoms with E-state index in [1.165, 1.54) is 6.92 Å². The van der Waals surface area contributed by atoms with Crippen LogP contribution >= 0.6 is 15.9 Å². The third kappa shape index (κ3) is 5.21. The normalized spacial score (nSPS) is 10.2. The standard InChI is InChI=1S/C18H19BrN2O2/c1-12-11-16(7-8-17(12)19)20-10-9-18(23)21-15-5-3-14(4-6-15)13(2)22/h3-8,11,20H,9-10H2,1-2H3,(H,21,23). The van der Waals surface area contributed by atoms with Crippen molar-refractivity contribution in [2.75, 3.05) is 17.2 Å². The van der Waals surface area contributed by atoms with E-state index in [1.807, 2.05) is 25.1 Å². The molecular formula is C18H19BrN2O2. The van der Waals surface area contributed by atoms with Crippen LogP contribution < -0.4 is 10.6 Å². The molecule has 2 N–H and O–H groups in total.